The molecular weight excluding hydrogens is 212 g/mol. The Balaban J connectivity index is 1.87. The van der Waals surface area contributed by atoms with Gasteiger partial charge in [0.25, 0.3) is 5.91 Å². The number of rotatable bonds is 3. The second-order valence-electron chi connectivity index (χ2n) is 4.72. The van der Waals surface area contributed by atoms with Crippen molar-refractivity contribution in [3.63, 3.8) is 0 Å². The Hall–Kier alpha value is -1.35. The lowest BCUT2D eigenvalue weighted by Crippen LogP contribution is -2.36. The molecule has 1 amide bonds. The molecule has 0 radical (unpaired) electrons. The molecule has 1 aliphatic rings. The van der Waals surface area contributed by atoms with Crippen LogP contribution in [-0.4, -0.2) is 25.5 Å². The van der Waals surface area contributed by atoms with Gasteiger partial charge in [-0.25, -0.2) is 0 Å². The maximum absolute atomic E-state index is 12.0. The molecule has 1 aromatic carbocycles. The summed E-state index contributed by atoms with van der Waals surface area (Å²) >= 11 is 0. The maximum atomic E-state index is 12.0. The minimum absolute atomic E-state index is 0.0571. The largest absolute Gasteiger partial charge is 0.352 e. The molecule has 0 saturated carbocycles. The van der Waals surface area contributed by atoms with Crippen molar-refractivity contribution in [1.29, 1.82) is 0 Å². The number of nitrogens with one attached hydrogen (secondary N) is 2. The Morgan fingerprint density at radius 2 is 2.06 bits per heavy atom. The smallest absolute Gasteiger partial charge is 0.251 e. The summed E-state index contributed by atoms with van der Waals surface area (Å²) in [5.41, 5.74) is 1.83. The highest BCUT2D eigenvalue weighted by Crippen LogP contribution is 2.11. The van der Waals surface area contributed by atoms with Gasteiger partial charge < -0.3 is 10.6 Å². The van der Waals surface area contributed by atoms with E-state index in [0.717, 1.165) is 43.6 Å². The van der Waals surface area contributed by atoms with E-state index in [1.807, 2.05) is 31.2 Å². The molecule has 0 bridgehead atoms. The van der Waals surface area contributed by atoms with E-state index in [1.54, 1.807) is 0 Å². The van der Waals surface area contributed by atoms with Gasteiger partial charge in [0, 0.05) is 12.1 Å². The van der Waals surface area contributed by atoms with Crippen molar-refractivity contribution in [3.05, 3.63) is 35.4 Å². The van der Waals surface area contributed by atoms with Gasteiger partial charge in [0.15, 0.2) is 0 Å². The standard InChI is InChI=1S/C14H20N2O/c1-11-4-2-3-5-13(11)14(17)16-10-12-6-8-15-9-7-12/h2-5,12,15H,6-10H2,1H3,(H,16,17). The van der Waals surface area contributed by atoms with Crippen molar-refractivity contribution >= 4 is 5.91 Å². The molecule has 1 fully saturated rings. The predicted octanol–water partition coefficient (Wildman–Crippen LogP) is 1.72. The minimum atomic E-state index is 0.0571. The molecule has 0 spiro atoms. The summed E-state index contributed by atoms with van der Waals surface area (Å²) in [6.07, 6.45) is 2.32. The van der Waals surface area contributed by atoms with E-state index in [-0.39, 0.29) is 5.91 Å². The van der Waals surface area contributed by atoms with Crippen molar-refractivity contribution in [3.8, 4) is 0 Å². The number of carbonyl (C=O) groups is 1. The molecule has 3 heteroatoms. The number of piperidine rings is 1. The summed E-state index contributed by atoms with van der Waals surface area (Å²) in [7, 11) is 0. The van der Waals surface area contributed by atoms with E-state index >= 15 is 0 Å². The molecule has 17 heavy (non-hydrogen) atoms. The third-order valence-corrected chi connectivity index (χ3v) is 3.40. The summed E-state index contributed by atoms with van der Waals surface area (Å²) < 4.78 is 0. The first-order valence-electron chi connectivity index (χ1n) is 6.32. The average Bonchev–Trinajstić information content (AvgIpc) is 2.38. The van der Waals surface area contributed by atoms with Crippen molar-refractivity contribution in [2.45, 2.75) is 19.8 Å². The molecule has 0 aliphatic carbocycles. The van der Waals surface area contributed by atoms with E-state index in [4.69, 9.17) is 0 Å². The van der Waals surface area contributed by atoms with Crippen LogP contribution in [0.5, 0.6) is 0 Å². The van der Waals surface area contributed by atoms with Crippen LogP contribution >= 0.6 is 0 Å². The van der Waals surface area contributed by atoms with Crippen molar-refractivity contribution in [1.82, 2.24) is 10.6 Å². The van der Waals surface area contributed by atoms with Gasteiger partial charge in [-0.15, -0.1) is 0 Å². The fourth-order valence-corrected chi connectivity index (χ4v) is 2.25. The lowest BCUT2D eigenvalue weighted by molar-refractivity contribution is 0.0943. The quantitative estimate of drug-likeness (QED) is 0.833. The van der Waals surface area contributed by atoms with Crippen LogP contribution in [0.1, 0.15) is 28.8 Å². The lowest BCUT2D eigenvalue weighted by Gasteiger charge is -2.22. The first-order valence-corrected chi connectivity index (χ1v) is 6.32. The summed E-state index contributed by atoms with van der Waals surface area (Å²) in [4.78, 5) is 12.0. The Morgan fingerprint density at radius 1 is 1.35 bits per heavy atom. The molecule has 3 nitrogen and oxygen atoms in total. The summed E-state index contributed by atoms with van der Waals surface area (Å²) in [5, 5.41) is 6.37. The fourth-order valence-electron chi connectivity index (χ4n) is 2.25. The zero-order valence-electron chi connectivity index (χ0n) is 10.3. The lowest BCUT2D eigenvalue weighted by atomic mass is 9.98. The van der Waals surface area contributed by atoms with Crippen LogP contribution in [-0.2, 0) is 0 Å². The minimum Gasteiger partial charge on any atom is -0.352 e. The fraction of sp³-hybridized carbons (Fsp3) is 0.500. The number of amides is 1. The Kier molecular flexibility index (Phi) is 4.15. The number of hydrogen-bond donors (Lipinski definition) is 2. The van der Waals surface area contributed by atoms with Gasteiger partial charge in [0.05, 0.1) is 0 Å². The van der Waals surface area contributed by atoms with Gasteiger partial charge in [-0.3, -0.25) is 4.79 Å². The first kappa shape index (κ1) is 12.1. The first-order chi connectivity index (χ1) is 8.27. The van der Waals surface area contributed by atoms with Crippen LogP contribution in [0.4, 0.5) is 0 Å². The topological polar surface area (TPSA) is 41.1 Å². The van der Waals surface area contributed by atoms with Crippen LogP contribution in [0.15, 0.2) is 24.3 Å². The molecule has 92 valence electrons. The van der Waals surface area contributed by atoms with E-state index in [1.165, 1.54) is 0 Å². The number of carbonyl (C=O) groups excluding carboxylic acids is 1. The van der Waals surface area contributed by atoms with E-state index < -0.39 is 0 Å². The van der Waals surface area contributed by atoms with Gasteiger partial charge >= 0.3 is 0 Å². The maximum Gasteiger partial charge on any atom is 0.251 e. The number of benzene rings is 1. The molecule has 0 atom stereocenters. The second-order valence-corrected chi connectivity index (χ2v) is 4.72. The molecule has 1 saturated heterocycles. The second kappa shape index (κ2) is 5.82. The van der Waals surface area contributed by atoms with Gasteiger partial charge in [-0.05, 0) is 50.4 Å². The summed E-state index contributed by atoms with van der Waals surface area (Å²) in [6.45, 7) is 4.92. The average molecular weight is 232 g/mol. The molecule has 0 unspecified atom stereocenters. The number of hydrogen-bond acceptors (Lipinski definition) is 2. The molecule has 1 aliphatic heterocycles. The third kappa shape index (κ3) is 3.30. The molecule has 2 N–H and O–H groups in total. The highest BCUT2D eigenvalue weighted by molar-refractivity contribution is 5.95. The van der Waals surface area contributed by atoms with Crippen LogP contribution in [0.3, 0.4) is 0 Å². The van der Waals surface area contributed by atoms with Crippen LogP contribution < -0.4 is 10.6 Å². The Labute approximate surface area is 103 Å². The van der Waals surface area contributed by atoms with Gasteiger partial charge in [-0.2, -0.15) is 0 Å². The van der Waals surface area contributed by atoms with Gasteiger partial charge in [0.2, 0.25) is 0 Å². The van der Waals surface area contributed by atoms with Crippen molar-refractivity contribution in [2.75, 3.05) is 19.6 Å². The van der Waals surface area contributed by atoms with E-state index in [0.29, 0.717) is 5.92 Å². The highest BCUT2D eigenvalue weighted by Gasteiger charge is 2.14. The third-order valence-electron chi connectivity index (χ3n) is 3.40. The number of aryl methyl sites for hydroxylation is 1. The van der Waals surface area contributed by atoms with Gasteiger partial charge in [0.1, 0.15) is 0 Å². The van der Waals surface area contributed by atoms with Gasteiger partial charge in [-0.1, -0.05) is 18.2 Å². The van der Waals surface area contributed by atoms with E-state index in [2.05, 4.69) is 10.6 Å². The van der Waals surface area contributed by atoms with Crippen LogP contribution in [0, 0.1) is 12.8 Å². The van der Waals surface area contributed by atoms with E-state index in [9.17, 15) is 4.79 Å². The monoisotopic (exact) mass is 232 g/mol. The summed E-state index contributed by atoms with van der Waals surface area (Å²) in [5.74, 6) is 0.686. The normalized spacial score (nSPS) is 16.8. The molecule has 1 aromatic rings. The van der Waals surface area contributed by atoms with Crippen LogP contribution in [0.25, 0.3) is 0 Å². The predicted molar refractivity (Wildman–Crippen MR) is 69.1 cm³/mol. The molecule has 0 aromatic heterocycles. The van der Waals surface area contributed by atoms with Crippen molar-refractivity contribution in [2.24, 2.45) is 5.92 Å². The van der Waals surface area contributed by atoms with Crippen LogP contribution in [0.2, 0.25) is 0 Å². The molecular formula is C14H20N2O. The Bertz CT molecular complexity index is 384. The van der Waals surface area contributed by atoms with Crippen molar-refractivity contribution < 1.29 is 4.79 Å². The SMILES string of the molecule is Cc1ccccc1C(=O)NCC1CCNCC1. The summed E-state index contributed by atoms with van der Waals surface area (Å²) in [6, 6.07) is 7.72. The molecule has 1 heterocycles. The Morgan fingerprint density at radius 3 is 2.76 bits per heavy atom. The zero-order valence-corrected chi connectivity index (χ0v) is 10.3. The zero-order chi connectivity index (χ0) is 12.1. The molecule has 2 rings (SSSR count). The highest BCUT2D eigenvalue weighted by atomic mass is 16.1.